The van der Waals surface area contributed by atoms with E-state index in [-0.39, 0.29) is 24.7 Å². The van der Waals surface area contributed by atoms with Gasteiger partial charge in [0.25, 0.3) is 0 Å². The van der Waals surface area contributed by atoms with Crippen LogP contribution in [0.15, 0.2) is 121 Å². The lowest BCUT2D eigenvalue weighted by Crippen LogP contribution is -2.32. The van der Waals surface area contributed by atoms with Gasteiger partial charge in [-0.1, -0.05) is 84.9 Å². The number of aliphatic carboxylic acids is 1. The van der Waals surface area contributed by atoms with Crippen molar-refractivity contribution in [2.75, 3.05) is 23.4 Å². The zero-order valence-corrected chi connectivity index (χ0v) is 23.8. The van der Waals surface area contributed by atoms with Crippen LogP contribution < -0.4 is 15.0 Å². The van der Waals surface area contributed by atoms with E-state index in [1.807, 2.05) is 60.7 Å². The highest BCUT2D eigenvalue weighted by atomic mass is 16.5. The summed E-state index contributed by atoms with van der Waals surface area (Å²) >= 11 is 0. The molecule has 5 rings (SSSR count). The van der Waals surface area contributed by atoms with E-state index in [0.717, 1.165) is 22.0 Å². The van der Waals surface area contributed by atoms with Gasteiger partial charge in [0.15, 0.2) is 5.78 Å². The standard InChI is InChI=1S/C36H32N2O5/c1-25(39)38(30-18-17-27-9-5-6-12-29(27)24-30)21-22-43-31-19-15-26(16-20-31)23-34(36(41)42)37-33-14-8-7-13-32(33)35(40)28-10-3-2-4-11-28/h2-20,24,34,37H,21-23H2,1H3,(H,41,42)/t34-/m0/s1. The number of nitrogens with one attached hydrogen (secondary N) is 1. The van der Waals surface area contributed by atoms with Gasteiger partial charge in [-0.3, -0.25) is 9.59 Å². The molecule has 0 unspecified atom stereocenters. The molecular formula is C36H32N2O5. The molecule has 5 aromatic rings. The van der Waals surface area contributed by atoms with Crippen molar-refractivity contribution in [3.8, 4) is 5.75 Å². The van der Waals surface area contributed by atoms with E-state index >= 15 is 0 Å². The fourth-order valence-electron chi connectivity index (χ4n) is 4.97. The summed E-state index contributed by atoms with van der Waals surface area (Å²) in [6, 6.07) is 36.0. The fourth-order valence-corrected chi connectivity index (χ4v) is 4.97. The quantitative estimate of drug-likeness (QED) is 0.163. The molecule has 1 amide bonds. The summed E-state index contributed by atoms with van der Waals surface area (Å²) in [6.45, 7) is 2.20. The number of carboxylic acids is 1. The van der Waals surface area contributed by atoms with Crippen molar-refractivity contribution >= 4 is 39.8 Å². The minimum atomic E-state index is -1.03. The van der Waals surface area contributed by atoms with Crippen molar-refractivity contribution in [2.45, 2.75) is 19.4 Å². The zero-order chi connectivity index (χ0) is 30.2. The minimum Gasteiger partial charge on any atom is -0.492 e. The molecule has 0 radical (unpaired) electrons. The predicted molar refractivity (Wildman–Crippen MR) is 169 cm³/mol. The normalized spacial score (nSPS) is 11.5. The number of ether oxygens (including phenoxy) is 1. The largest absolute Gasteiger partial charge is 0.492 e. The zero-order valence-electron chi connectivity index (χ0n) is 23.8. The Morgan fingerprint density at radius 2 is 1.47 bits per heavy atom. The van der Waals surface area contributed by atoms with Crippen LogP contribution in [0.3, 0.4) is 0 Å². The van der Waals surface area contributed by atoms with Gasteiger partial charge in [-0.05, 0) is 52.7 Å². The number of nitrogens with zero attached hydrogens (tertiary/aromatic N) is 1. The van der Waals surface area contributed by atoms with Gasteiger partial charge in [0.2, 0.25) is 5.91 Å². The summed E-state index contributed by atoms with van der Waals surface area (Å²) in [5.41, 5.74) is 3.00. The van der Waals surface area contributed by atoms with Crippen molar-refractivity contribution in [3.63, 3.8) is 0 Å². The number of para-hydroxylation sites is 1. The van der Waals surface area contributed by atoms with Gasteiger partial charge < -0.3 is 20.1 Å². The van der Waals surface area contributed by atoms with E-state index in [2.05, 4.69) is 5.32 Å². The SMILES string of the molecule is CC(=O)N(CCOc1ccc(C[C@H](Nc2ccccc2C(=O)c2ccccc2)C(=O)O)cc1)c1ccc2ccccc2c1. The van der Waals surface area contributed by atoms with E-state index in [1.165, 1.54) is 6.92 Å². The predicted octanol–water partition coefficient (Wildman–Crippen LogP) is 6.61. The lowest BCUT2D eigenvalue weighted by Gasteiger charge is -2.22. The highest BCUT2D eigenvalue weighted by Gasteiger charge is 2.21. The summed E-state index contributed by atoms with van der Waals surface area (Å²) in [4.78, 5) is 39.3. The lowest BCUT2D eigenvalue weighted by atomic mass is 10.00. The Balaban J connectivity index is 1.21. The van der Waals surface area contributed by atoms with Crippen LogP contribution in [-0.4, -0.2) is 42.0 Å². The molecule has 7 nitrogen and oxygen atoms in total. The molecule has 0 aliphatic rings. The monoisotopic (exact) mass is 572 g/mol. The number of amides is 1. The van der Waals surface area contributed by atoms with Gasteiger partial charge in [0, 0.05) is 35.8 Å². The molecule has 0 aliphatic heterocycles. The Morgan fingerprint density at radius 3 is 2.19 bits per heavy atom. The Labute approximate surface area is 250 Å². The maximum Gasteiger partial charge on any atom is 0.326 e. The molecule has 0 aromatic heterocycles. The molecule has 0 aliphatic carbocycles. The summed E-state index contributed by atoms with van der Waals surface area (Å²) in [5, 5.41) is 15.2. The van der Waals surface area contributed by atoms with E-state index in [4.69, 9.17) is 4.74 Å². The second-order valence-electron chi connectivity index (χ2n) is 10.2. The number of carbonyl (C=O) groups excluding carboxylic acids is 2. The second kappa shape index (κ2) is 13.5. The number of fused-ring (bicyclic) bond motifs is 1. The summed E-state index contributed by atoms with van der Waals surface area (Å²) in [6.07, 6.45) is 0.198. The molecule has 43 heavy (non-hydrogen) atoms. The number of rotatable bonds is 12. The molecule has 5 aromatic carbocycles. The van der Waals surface area contributed by atoms with Crippen molar-refractivity contribution in [3.05, 3.63) is 138 Å². The van der Waals surface area contributed by atoms with E-state index < -0.39 is 12.0 Å². The van der Waals surface area contributed by atoms with Crippen LogP contribution in [0.2, 0.25) is 0 Å². The van der Waals surface area contributed by atoms with Crippen LogP contribution in [0, 0.1) is 0 Å². The van der Waals surface area contributed by atoms with Crippen LogP contribution >= 0.6 is 0 Å². The third-order valence-electron chi connectivity index (χ3n) is 7.21. The van der Waals surface area contributed by atoms with Gasteiger partial charge in [0.1, 0.15) is 18.4 Å². The molecule has 0 saturated heterocycles. The van der Waals surface area contributed by atoms with Crippen LogP contribution in [0.25, 0.3) is 10.8 Å². The summed E-state index contributed by atoms with van der Waals surface area (Å²) < 4.78 is 5.92. The minimum absolute atomic E-state index is 0.0755. The Bertz CT molecular complexity index is 1730. The number of hydrogen-bond acceptors (Lipinski definition) is 5. The van der Waals surface area contributed by atoms with E-state index in [1.54, 1.807) is 65.6 Å². The van der Waals surface area contributed by atoms with Crippen LogP contribution in [0.1, 0.15) is 28.4 Å². The summed E-state index contributed by atoms with van der Waals surface area (Å²) in [7, 11) is 0. The Hall–Kier alpha value is -5.43. The smallest absolute Gasteiger partial charge is 0.326 e. The topological polar surface area (TPSA) is 95.9 Å². The maximum absolute atomic E-state index is 13.1. The van der Waals surface area contributed by atoms with E-state index in [0.29, 0.717) is 29.1 Å². The molecule has 0 saturated carbocycles. The van der Waals surface area contributed by atoms with Crippen molar-refractivity contribution in [1.29, 1.82) is 0 Å². The fraction of sp³-hybridized carbons (Fsp3) is 0.139. The molecule has 7 heteroatoms. The number of carbonyl (C=O) groups is 3. The van der Waals surface area contributed by atoms with Crippen LogP contribution in [0.4, 0.5) is 11.4 Å². The van der Waals surface area contributed by atoms with Gasteiger partial charge in [-0.15, -0.1) is 0 Å². The Morgan fingerprint density at radius 1 is 0.791 bits per heavy atom. The lowest BCUT2D eigenvalue weighted by molar-refractivity contribution is -0.137. The molecule has 0 fully saturated rings. The van der Waals surface area contributed by atoms with Crippen LogP contribution in [0.5, 0.6) is 5.75 Å². The van der Waals surface area contributed by atoms with E-state index in [9.17, 15) is 19.5 Å². The van der Waals surface area contributed by atoms with Crippen molar-refractivity contribution in [2.24, 2.45) is 0 Å². The molecule has 0 heterocycles. The highest BCUT2D eigenvalue weighted by Crippen LogP contribution is 2.24. The van der Waals surface area contributed by atoms with Gasteiger partial charge >= 0.3 is 5.97 Å². The molecule has 0 bridgehead atoms. The molecule has 1 atom stereocenters. The number of benzene rings is 5. The Kier molecular flexibility index (Phi) is 9.12. The highest BCUT2D eigenvalue weighted by molar-refractivity contribution is 6.12. The van der Waals surface area contributed by atoms with Gasteiger partial charge in [0.05, 0.1) is 6.54 Å². The van der Waals surface area contributed by atoms with Crippen molar-refractivity contribution in [1.82, 2.24) is 0 Å². The van der Waals surface area contributed by atoms with Crippen LogP contribution in [-0.2, 0) is 16.0 Å². The number of ketones is 1. The first-order valence-corrected chi connectivity index (χ1v) is 14.1. The third kappa shape index (κ3) is 7.26. The van der Waals surface area contributed by atoms with Gasteiger partial charge in [-0.2, -0.15) is 0 Å². The second-order valence-corrected chi connectivity index (χ2v) is 10.2. The van der Waals surface area contributed by atoms with Gasteiger partial charge in [-0.25, -0.2) is 4.79 Å². The first-order valence-electron chi connectivity index (χ1n) is 14.1. The number of hydrogen-bond donors (Lipinski definition) is 2. The average Bonchev–Trinajstić information content (AvgIpc) is 3.03. The number of anilines is 2. The molecule has 0 spiro atoms. The first kappa shape index (κ1) is 29.1. The molecule has 2 N–H and O–H groups in total. The third-order valence-corrected chi connectivity index (χ3v) is 7.21. The average molecular weight is 573 g/mol. The molecular weight excluding hydrogens is 540 g/mol. The molecule has 216 valence electrons. The van der Waals surface area contributed by atoms with Crippen molar-refractivity contribution < 1.29 is 24.2 Å². The summed E-state index contributed by atoms with van der Waals surface area (Å²) in [5.74, 6) is -0.670. The maximum atomic E-state index is 13.1. The first-order chi connectivity index (χ1) is 20.9. The number of carboxylic acid groups (broad SMARTS) is 1.